The number of ether oxygens (including phenoxy) is 3. The lowest BCUT2D eigenvalue weighted by Gasteiger charge is -2.21. The number of carbonyl (C=O) groups excluding carboxylic acids is 3. The summed E-state index contributed by atoms with van der Waals surface area (Å²) in [5, 5.41) is 9.82. The first-order valence-electron chi connectivity index (χ1n) is 30.8. The molecule has 440 valence electrons. The normalized spacial score (nSPS) is 13.8. The van der Waals surface area contributed by atoms with Crippen molar-refractivity contribution in [2.75, 3.05) is 26.4 Å². The highest BCUT2D eigenvalue weighted by molar-refractivity contribution is 7.47. The van der Waals surface area contributed by atoms with Gasteiger partial charge >= 0.3 is 25.7 Å². The van der Waals surface area contributed by atoms with Gasteiger partial charge in [-0.3, -0.25) is 23.4 Å². The summed E-state index contributed by atoms with van der Waals surface area (Å²) in [5.74, 6) is -1.50. The van der Waals surface area contributed by atoms with Crippen molar-refractivity contribution in [3.8, 4) is 0 Å². The number of phosphoric ester groups is 1. The molecule has 11 nitrogen and oxygen atoms in total. The molecule has 0 saturated carbocycles. The Kier molecular flexibility index (Phi) is 55.7. The van der Waals surface area contributed by atoms with E-state index in [2.05, 4.69) is 93.7 Å². The average Bonchev–Trinajstić information content (AvgIpc) is 3.41. The lowest BCUT2D eigenvalue weighted by atomic mass is 10.0. The third kappa shape index (κ3) is 55.7. The Bertz CT molecular complexity index is 1550. The van der Waals surface area contributed by atoms with Crippen molar-refractivity contribution in [1.29, 1.82) is 0 Å². The van der Waals surface area contributed by atoms with Crippen LogP contribution in [0, 0.1) is 0 Å². The van der Waals surface area contributed by atoms with Crippen molar-refractivity contribution in [3.63, 3.8) is 0 Å². The second kappa shape index (κ2) is 58.1. The Morgan fingerprint density at radius 2 is 0.711 bits per heavy atom. The van der Waals surface area contributed by atoms with Gasteiger partial charge in [0.25, 0.3) is 0 Å². The van der Waals surface area contributed by atoms with Crippen LogP contribution in [0.3, 0.4) is 0 Å². The molecule has 0 bridgehead atoms. The molecule has 0 aliphatic carbocycles. The van der Waals surface area contributed by atoms with E-state index < -0.39 is 57.8 Å². The molecule has 0 aromatic carbocycles. The summed E-state index contributed by atoms with van der Waals surface area (Å²) in [4.78, 5) is 48.6. The van der Waals surface area contributed by atoms with Gasteiger partial charge in [0.05, 0.1) is 19.8 Å². The number of esters is 3. The summed E-state index contributed by atoms with van der Waals surface area (Å²) in [6.07, 6.45) is 65.7. The van der Waals surface area contributed by atoms with Crippen LogP contribution in [-0.4, -0.2) is 66.5 Å². The number of hydrogen-bond donors (Lipinski definition) is 2. The summed E-state index contributed by atoms with van der Waals surface area (Å²) < 4.78 is 39.6. The van der Waals surface area contributed by atoms with Crippen molar-refractivity contribution in [1.82, 2.24) is 0 Å². The van der Waals surface area contributed by atoms with Gasteiger partial charge in [-0.2, -0.15) is 0 Å². The Labute approximate surface area is 465 Å². The van der Waals surface area contributed by atoms with Gasteiger partial charge < -0.3 is 24.2 Å². The molecule has 3 unspecified atom stereocenters. The summed E-state index contributed by atoms with van der Waals surface area (Å²) in [5.41, 5.74) is 0. The third-order valence-electron chi connectivity index (χ3n) is 13.1. The summed E-state index contributed by atoms with van der Waals surface area (Å²) in [6.45, 7) is 4.46. The first-order chi connectivity index (χ1) is 37.2. The van der Waals surface area contributed by atoms with Crippen molar-refractivity contribution in [2.45, 2.75) is 290 Å². The lowest BCUT2D eigenvalue weighted by Crippen LogP contribution is -2.30. The molecule has 3 atom stereocenters. The van der Waals surface area contributed by atoms with Crippen LogP contribution in [0.4, 0.5) is 0 Å². The predicted octanol–water partition coefficient (Wildman–Crippen LogP) is 18.5. The van der Waals surface area contributed by atoms with Gasteiger partial charge in [-0.1, -0.05) is 248 Å². The molecule has 0 amide bonds. The fourth-order valence-electron chi connectivity index (χ4n) is 8.45. The van der Waals surface area contributed by atoms with Crippen LogP contribution in [0.15, 0.2) is 72.9 Å². The number of carbonyl (C=O) groups is 3. The molecule has 0 aliphatic rings. The van der Waals surface area contributed by atoms with Crippen molar-refractivity contribution in [2.24, 2.45) is 0 Å². The Morgan fingerprint density at radius 3 is 1.11 bits per heavy atom. The van der Waals surface area contributed by atoms with Gasteiger partial charge in [0, 0.05) is 19.3 Å². The van der Waals surface area contributed by atoms with Gasteiger partial charge in [0.2, 0.25) is 0 Å². The van der Waals surface area contributed by atoms with Gasteiger partial charge in [0.1, 0.15) is 12.7 Å². The second-order valence-corrected chi connectivity index (χ2v) is 21.9. The molecule has 0 radical (unpaired) electrons. The minimum atomic E-state index is -4.76. The SMILES string of the molecule is CC/C=C\C/C=C\C/C=C\C/C=C\CCCCCCC(=O)OCC(COP(=O)(O)OCC(CO)OC(=O)CCCCCCC/C=C\C/C=C\CCC)OC(=O)CCCCCCCCCCCCCCCCCCCCC. The summed E-state index contributed by atoms with van der Waals surface area (Å²) >= 11 is 0. The smallest absolute Gasteiger partial charge is 0.462 e. The van der Waals surface area contributed by atoms with Crippen LogP contribution in [0.1, 0.15) is 278 Å². The third-order valence-corrected chi connectivity index (χ3v) is 14.0. The fourth-order valence-corrected chi connectivity index (χ4v) is 9.23. The number of aliphatic hydroxyl groups is 1. The van der Waals surface area contributed by atoms with Crippen LogP contribution >= 0.6 is 7.82 Å². The fraction of sp³-hybridized carbons (Fsp3) is 0.766. The van der Waals surface area contributed by atoms with Gasteiger partial charge in [0.15, 0.2) is 6.10 Å². The minimum Gasteiger partial charge on any atom is -0.462 e. The molecule has 76 heavy (non-hydrogen) atoms. The van der Waals surface area contributed by atoms with Crippen LogP contribution in [-0.2, 0) is 42.2 Å². The number of allylic oxidation sites excluding steroid dienone is 12. The van der Waals surface area contributed by atoms with E-state index in [0.717, 1.165) is 116 Å². The van der Waals surface area contributed by atoms with Crippen LogP contribution in [0.2, 0.25) is 0 Å². The number of phosphoric acid groups is 1. The van der Waals surface area contributed by atoms with Crippen LogP contribution in [0.5, 0.6) is 0 Å². The summed E-state index contributed by atoms with van der Waals surface area (Å²) in [6, 6.07) is 0. The second-order valence-electron chi connectivity index (χ2n) is 20.5. The Morgan fingerprint density at radius 1 is 0.382 bits per heavy atom. The standard InChI is InChI=1S/C64H113O11P/c1-4-7-10-13-16-19-22-25-27-29-30-32-34-37-40-43-46-49-52-55-64(68)75-61(57-71-62(66)53-50-47-44-41-38-36-33-31-28-26-23-20-17-14-11-8-5-2)59-73-76(69,70)72-58-60(56-65)74-63(67)54-51-48-45-42-39-35-24-21-18-15-12-9-6-3/h8,11-12,15,17,20-21,24,26,28,33,36,60-61,65H,4-7,9-10,13-14,16,18-19,22-23,25,27,29-32,34-35,37-59H2,1-3H3,(H,69,70)/b11-8-,15-12-,20-17-,24-21-,28-26-,36-33-. The molecule has 2 N–H and O–H groups in total. The van der Waals surface area contributed by atoms with Crippen LogP contribution in [0.25, 0.3) is 0 Å². The highest BCUT2D eigenvalue weighted by Crippen LogP contribution is 2.43. The Hall–Kier alpha value is -3.08. The first kappa shape index (κ1) is 72.9. The van der Waals surface area contributed by atoms with Crippen molar-refractivity contribution in [3.05, 3.63) is 72.9 Å². The predicted molar refractivity (Wildman–Crippen MR) is 316 cm³/mol. The molecular formula is C64H113O11P. The summed E-state index contributed by atoms with van der Waals surface area (Å²) in [7, 11) is -4.76. The topological polar surface area (TPSA) is 155 Å². The van der Waals surface area contributed by atoms with Gasteiger partial charge in [-0.15, -0.1) is 0 Å². The van der Waals surface area contributed by atoms with Crippen molar-refractivity contribution >= 4 is 25.7 Å². The van der Waals surface area contributed by atoms with E-state index in [1.807, 2.05) is 0 Å². The molecule has 0 aromatic heterocycles. The molecule has 0 saturated heterocycles. The largest absolute Gasteiger partial charge is 0.472 e. The number of hydrogen-bond acceptors (Lipinski definition) is 10. The zero-order valence-corrected chi connectivity index (χ0v) is 49.6. The molecule has 0 heterocycles. The molecule has 12 heteroatoms. The number of aliphatic hydroxyl groups excluding tert-OH is 1. The number of rotatable bonds is 57. The van der Waals surface area contributed by atoms with E-state index in [0.29, 0.717) is 19.3 Å². The van der Waals surface area contributed by atoms with Gasteiger partial charge in [-0.05, 0) is 83.5 Å². The van der Waals surface area contributed by atoms with Crippen molar-refractivity contribution < 1.29 is 52.2 Å². The maximum atomic E-state index is 12.9. The molecule has 0 aromatic rings. The van der Waals surface area contributed by atoms with E-state index in [1.165, 1.54) is 103 Å². The molecular weight excluding hydrogens is 976 g/mol. The maximum Gasteiger partial charge on any atom is 0.472 e. The van der Waals surface area contributed by atoms with E-state index in [4.69, 9.17) is 23.3 Å². The lowest BCUT2D eigenvalue weighted by molar-refractivity contribution is -0.161. The highest BCUT2D eigenvalue weighted by atomic mass is 31.2. The molecule has 0 rings (SSSR count). The average molecular weight is 1090 g/mol. The monoisotopic (exact) mass is 1090 g/mol. The maximum absolute atomic E-state index is 12.9. The minimum absolute atomic E-state index is 0.159. The molecule has 0 fully saturated rings. The van der Waals surface area contributed by atoms with E-state index in [9.17, 15) is 28.9 Å². The quantitative estimate of drug-likeness (QED) is 0.0197. The van der Waals surface area contributed by atoms with E-state index in [1.54, 1.807) is 0 Å². The number of unbranched alkanes of at least 4 members (excludes halogenated alkanes) is 28. The van der Waals surface area contributed by atoms with E-state index in [-0.39, 0.29) is 25.9 Å². The molecule has 0 aliphatic heterocycles. The van der Waals surface area contributed by atoms with E-state index >= 15 is 0 Å². The van der Waals surface area contributed by atoms with Gasteiger partial charge in [-0.25, -0.2) is 4.57 Å². The molecule has 0 spiro atoms. The first-order valence-corrected chi connectivity index (χ1v) is 32.3. The zero-order chi connectivity index (χ0) is 55.5. The Balaban J connectivity index is 4.74. The zero-order valence-electron chi connectivity index (χ0n) is 48.7. The van der Waals surface area contributed by atoms with Crippen LogP contribution < -0.4 is 0 Å². The highest BCUT2D eigenvalue weighted by Gasteiger charge is 2.28.